The summed E-state index contributed by atoms with van der Waals surface area (Å²) in [5.74, 6) is 2.41. The molecule has 0 aliphatic heterocycles. The van der Waals surface area contributed by atoms with Crippen molar-refractivity contribution in [3.05, 3.63) is 29.8 Å². The first kappa shape index (κ1) is 11.1. The summed E-state index contributed by atoms with van der Waals surface area (Å²) in [7, 11) is 0. The quantitative estimate of drug-likeness (QED) is 0.588. The van der Waals surface area contributed by atoms with Gasteiger partial charge >= 0.3 is 5.97 Å². The average Bonchev–Trinajstić information content (AvgIpc) is 2.25. The first-order valence-electron chi connectivity index (χ1n) is 4.63. The van der Waals surface area contributed by atoms with Gasteiger partial charge in [-0.15, -0.1) is 6.42 Å². The molecule has 0 amide bonds. The second-order valence-corrected chi connectivity index (χ2v) is 3.01. The monoisotopic (exact) mass is 204 g/mol. The number of carboxylic acids is 1. The van der Waals surface area contributed by atoms with Crippen LogP contribution >= 0.6 is 0 Å². The van der Waals surface area contributed by atoms with Gasteiger partial charge in [0.2, 0.25) is 0 Å². The van der Waals surface area contributed by atoms with Crippen LogP contribution in [0.5, 0.6) is 5.75 Å². The van der Waals surface area contributed by atoms with Crippen LogP contribution in [0.1, 0.15) is 18.4 Å². The predicted molar refractivity (Wildman–Crippen MR) is 56.7 cm³/mol. The van der Waals surface area contributed by atoms with Crippen LogP contribution in [-0.2, 0) is 4.79 Å². The van der Waals surface area contributed by atoms with Crippen LogP contribution < -0.4 is 4.74 Å². The number of benzene rings is 1. The second kappa shape index (κ2) is 5.71. The van der Waals surface area contributed by atoms with Gasteiger partial charge in [0.05, 0.1) is 6.61 Å². The maximum atomic E-state index is 10.2. The van der Waals surface area contributed by atoms with E-state index in [-0.39, 0.29) is 6.42 Å². The molecule has 0 bridgehead atoms. The lowest BCUT2D eigenvalue weighted by Crippen LogP contribution is -2.01. The van der Waals surface area contributed by atoms with Crippen LogP contribution in [0.2, 0.25) is 0 Å². The molecule has 3 nitrogen and oxygen atoms in total. The lowest BCUT2D eigenvalue weighted by atomic mass is 10.2. The summed E-state index contributed by atoms with van der Waals surface area (Å²) >= 11 is 0. The van der Waals surface area contributed by atoms with Crippen molar-refractivity contribution < 1.29 is 14.6 Å². The van der Waals surface area contributed by atoms with Crippen molar-refractivity contribution in [2.45, 2.75) is 12.8 Å². The molecule has 0 unspecified atom stereocenters. The number of ether oxygens (including phenoxy) is 1. The highest BCUT2D eigenvalue weighted by molar-refractivity contribution is 5.66. The molecule has 1 rings (SSSR count). The molecule has 0 saturated carbocycles. The number of carboxylic acid groups (broad SMARTS) is 1. The molecule has 0 fully saturated rings. The zero-order valence-electron chi connectivity index (χ0n) is 8.27. The van der Waals surface area contributed by atoms with Gasteiger partial charge in [0.25, 0.3) is 0 Å². The van der Waals surface area contributed by atoms with Crippen LogP contribution in [0.3, 0.4) is 0 Å². The number of hydrogen-bond donors (Lipinski definition) is 1. The molecule has 0 aliphatic rings. The molecule has 0 aliphatic carbocycles. The van der Waals surface area contributed by atoms with E-state index in [1.165, 1.54) is 0 Å². The van der Waals surface area contributed by atoms with Gasteiger partial charge in [-0.05, 0) is 30.7 Å². The highest BCUT2D eigenvalue weighted by atomic mass is 16.5. The number of rotatable bonds is 5. The highest BCUT2D eigenvalue weighted by Crippen LogP contribution is 2.11. The van der Waals surface area contributed by atoms with Gasteiger partial charge < -0.3 is 9.84 Å². The Balaban J connectivity index is 2.32. The van der Waals surface area contributed by atoms with Crippen molar-refractivity contribution in [2.24, 2.45) is 0 Å². The van der Waals surface area contributed by atoms with Crippen molar-refractivity contribution in [3.63, 3.8) is 0 Å². The Labute approximate surface area is 88.7 Å². The smallest absolute Gasteiger partial charge is 0.303 e. The average molecular weight is 204 g/mol. The molecule has 15 heavy (non-hydrogen) atoms. The highest BCUT2D eigenvalue weighted by Gasteiger charge is 1.97. The van der Waals surface area contributed by atoms with Gasteiger partial charge in [0.15, 0.2) is 0 Å². The maximum Gasteiger partial charge on any atom is 0.303 e. The van der Waals surface area contributed by atoms with E-state index in [1.54, 1.807) is 24.3 Å². The fraction of sp³-hybridized carbons (Fsp3) is 0.250. The van der Waals surface area contributed by atoms with Gasteiger partial charge in [0.1, 0.15) is 5.75 Å². The summed E-state index contributed by atoms with van der Waals surface area (Å²) in [6.07, 6.45) is 5.83. The van der Waals surface area contributed by atoms with Crippen molar-refractivity contribution in [1.82, 2.24) is 0 Å². The Morgan fingerprint density at radius 1 is 1.40 bits per heavy atom. The van der Waals surface area contributed by atoms with Gasteiger partial charge in [-0.2, -0.15) is 0 Å². The summed E-state index contributed by atoms with van der Waals surface area (Å²) in [4.78, 5) is 10.2. The molecule has 0 radical (unpaired) electrons. The first-order chi connectivity index (χ1) is 7.22. The molecule has 0 aromatic heterocycles. The molecule has 1 N–H and O–H groups in total. The van der Waals surface area contributed by atoms with E-state index >= 15 is 0 Å². The minimum atomic E-state index is -0.804. The summed E-state index contributed by atoms with van der Waals surface area (Å²) < 4.78 is 5.32. The molecular formula is C12H12O3. The molecule has 3 heteroatoms. The Bertz CT molecular complexity index is 359. The molecular weight excluding hydrogens is 192 g/mol. The molecule has 1 aromatic carbocycles. The largest absolute Gasteiger partial charge is 0.494 e. The first-order valence-corrected chi connectivity index (χ1v) is 4.63. The number of aliphatic carboxylic acids is 1. The fourth-order valence-corrected chi connectivity index (χ4v) is 1.06. The van der Waals surface area contributed by atoms with Crippen LogP contribution in [0.25, 0.3) is 0 Å². The zero-order chi connectivity index (χ0) is 11.1. The third-order valence-electron chi connectivity index (χ3n) is 1.82. The van der Waals surface area contributed by atoms with E-state index in [0.717, 1.165) is 5.56 Å². The van der Waals surface area contributed by atoms with Gasteiger partial charge in [-0.1, -0.05) is 5.92 Å². The summed E-state index contributed by atoms with van der Waals surface area (Å²) in [6, 6.07) is 7.12. The van der Waals surface area contributed by atoms with E-state index in [2.05, 4.69) is 5.92 Å². The van der Waals surface area contributed by atoms with Crippen LogP contribution in [0.15, 0.2) is 24.3 Å². The predicted octanol–water partition coefficient (Wildman–Crippen LogP) is 1.91. The fourth-order valence-electron chi connectivity index (χ4n) is 1.06. The van der Waals surface area contributed by atoms with Crippen molar-refractivity contribution in [3.8, 4) is 18.1 Å². The Morgan fingerprint density at radius 3 is 2.60 bits per heavy atom. The molecule has 0 heterocycles. The molecule has 1 aromatic rings. The second-order valence-electron chi connectivity index (χ2n) is 3.01. The lowest BCUT2D eigenvalue weighted by Gasteiger charge is -2.04. The minimum absolute atomic E-state index is 0.127. The van der Waals surface area contributed by atoms with E-state index in [0.29, 0.717) is 18.8 Å². The van der Waals surface area contributed by atoms with Crippen molar-refractivity contribution in [1.29, 1.82) is 0 Å². The van der Waals surface area contributed by atoms with Crippen LogP contribution in [0, 0.1) is 12.3 Å². The van der Waals surface area contributed by atoms with E-state index < -0.39 is 5.97 Å². The van der Waals surface area contributed by atoms with Gasteiger partial charge in [0, 0.05) is 12.0 Å². The third kappa shape index (κ3) is 4.19. The SMILES string of the molecule is C#Cc1ccc(OCCCC(=O)O)cc1. The third-order valence-corrected chi connectivity index (χ3v) is 1.82. The number of hydrogen-bond acceptors (Lipinski definition) is 2. The van der Waals surface area contributed by atoms with Crippen molar-refractivity contribution in [2.75, 3.05) is 6.61 Å². The normalized spacial score (nSPS) is 9.27. The van der Waals surface area contributed by atoms with E-state index in [4.69, 9.17) is 16.3 Å². The molecule has 78 valence electrons. The van der Waals surface area contributed by atoms with Crippen molar-refractivity contribution >= 4 is 5.97 Å². The minimum Gasteiger partial charge on any atom is -0.494 e. The Hall–Kier alpha value is -1.95. The maximum absolute atomic E-state index is 10.2. The summed E-state index contributed by atoms with van der Waals surface area (Å²) in [5.41, 5.74) is 0.799. The zero-order valence-corrected chi connectivity index (χ0v) is 8.27. The summed E-state index contributed by atoms with van der Waals surface area (Å²) in [6.45, 7) is 0.404. The van der Waals surface area contributed by atoms with Gasteiger partial charge in [-0.25, -0.2) is 0 Å². The van der Waals surface area contributed by atoms with Crippen LogP contribution in [-0.4, -0.2) is 17.7 Å². The van der Waals surface area contributed by atoms with Gasteiger partial charge in [-0.3, -0.25) is 4.79 Å². The molecule has 0 atom stereocenters. The van der Waals surface area contributed by atoms with E-state index in [1.807, 2.05) is 0 Å². The lowest BCUT2D eigenvalue weighted by molar-refractivity contribution is -0.137. The molecule has 0 saturated heterocycles. The van der Waals surface area contributed by atoms with E-state index in [9.17, 15) is 4.79 Å². The van der Waals surface area contributed by atoms with Crippen LogP contribution in [0.4, 0.5) is 0 Å². The Morgan fingerprint density at radius 2 is 2.07 bits per heavy atom. The topological polar surface area (TPSA) is 46.5 Å². The standard InChI is InChI=1S/C12H12O3/c1-2-10-5-7-11(8-6-10)15-9-3-4-12(13)14/h1,5-8H,3-4,9H2,(H,13,14). The Kier molecular flexibility index (Phi) is 4.24. The summed E-state index contributed by atoms with van der Waals surface area (Å²) in [5, 5.41) is 8.40. The number of terminal acetylenes is 1. The molecule has 0 spiro atoms. The number of carbonyl (C=O) groups is 1.